The predicted octanol–water partition coefficient (Wildman–Crippen LogP) is 6.12. The van der Waals surface area contributed by atoms with Crippen LogP contribution < -0.4 is 4.74 Å². The van der Waals surface area contributed by atoms with Crippen LogP contribution in [0.25, 0.3) is 0 Å². The summed E-state index contributed by atoms with van der Waals surface area (Å²) in [4.78, 5) is 0.202. The van der Waals surface area contributed by atoms with E-state index in [0.717, 1.165) is 5.56 Å². The summed E-state index contributed by atoms with van der Waals surface area (Å²) in [6, 6.07) is 3.70. The largest absolute Gasteiger partial charge is 0.495 e. The van der Waals surface area contributed by atoms with Gasteiger partial charge in [0.1, 0.15) is 5.75 Å². The quantitative estimate of drug-likeness (QED) is 0.586. The second kappa shape index (κ2) is 4.82. The summed E-state index contributed by atoms with van der Waals surface area (Å²) >= 11 is 16.4. The number of hydrogen-bond acceptors (Lipinski definition) is 1. The van der Waals surface area contributed by atoms with Gasteiger partial charge in [-0.05, 0) is 28.4 Å². The Balaban J connectivity index is 2.36. The number of hydrogen-bond donors (Lipinski definition) is 0. The normalized spacial score (nSPS) is 22.1. The summed E-state index contributed by atoms with van der Waals surface area (Å²) in [5, 5.41) is 1.30. The Morgan fingerprint density at radius 2 is 1.63 bits per heavy atom. The topological polar surface area (TPSA) is 9.23 Å². The molecule has 1 aromatic rings. The molecule has 1 aliphatic carbocycles. The maximum atomic E-state index is 6.36. The number of rotatable bonds is 3. The lowest BCUT2D eigenvalue weighted by atomic mass is 10.0. The molecule has 1 nitrogen and oxygen atoms in total. The maximum absolute atomic E-state index is 6.36. The number of halogens is 3. The van der Waals surface area contributed by atoms with E-state index in [9.17, 15) is 0 Å². The molecule has 106 valence electrons. The van der Waals surface area contributed by atoms with E-state index in [2.05, 4.69) is 43.6 Å². The Morgan fingerprint density at radius 1 is 1.11 bits per heavy atom. The van der Waals surface area contributed by atoms with Crippen molar-refractivity contribution < 1.29 is 4.74 Å². The third kappa shape index (κ3) is 2.30. The minimum absolute atomic E-state index is 0.202. The lowest BCUT2D eigenvalue weighted by Crippen LogP contribution is -2.01. The fourth-order valence-corrected chi connectivity index (χ4v) is 5.42. The molecule has 0 N–H and O–H groups in total. The zero-order valence-electron chi connectivity index (χ0n) is 11.9. The van der Waals surface area contributed by atoms with Crippen LogP contribution in [0.3, 0.4) is 0 Å². The Morgan fingerprint density at radius 3 is 2.05 bits per heavy atom. The van der Waals surface area contributed by atoms with Gasteiger partial charge in [-0.3, -0.25) is 0 Å². The van der Waals surface area contributed by atoms with Gasteiger partial charge >= 0.3 is 0 Å². The van der Waals surface area contributed by atoms with E-state index in [1.54, 1.807) is 13.2 Å². The molecule has 0 saturated heterocycles. The Kier molecular flexibility index (Phi) is 3.92. The zero-order chi connectivity index (χ0) is 14.6. The van der Waals surface area contributed by atoms with E-state index in [1.807, 2.05) is 6.07 Å². The summed E-state index contributed by atoms with van der Waals surface area (Å²) in [6.07, 6.45) is 0. The number of alkyl halides is 1. The van der Waals surface area contributed by atoms with Crippen LogP contribution in [-0.2, 0) is 0 Å². The van der Waals surface area contributed by atoms with Crippen molar-refractivity contribution in [3.8, 4) is 5.75 Å². The first kappa shape index (κ1) is 15.5. The van der Waals surface area contributed by atoms with E-state index >= 15 is 0 Å². The molecule has 4 heteroatoms. The fourth-order valence-electron chi connectivity index (χ4n) is 3.07. The van der Waals surface area contributed by atoms with Gasteiger partial charge in [0.15, 0.2) is 0 Å². The SMILES string of the molecule is COc1cc(Cl)c(C(Br)C2C(C)(C)C2(C)C)cc1Cl. The van der Waals surface area contributed by atoms with Crippen LogP contribution in [0.4, 0.5) is 0 Å². The number of benzene rings is 1. The van der Waals surface area contributed by atoms with Gasteiger partial charge in [-0.2, -0.15) is 0 Å². The van der Waals surface area contributed by atoms with Crippen LogP contribution in [0.1, 0.15) is 38.1 Å². The van der Waals surface area contributed by atoms with Crippen LogP contribution in [-0.4, -0.2) is 7.11 Å². The summed E-state index contributed by atoms with van der Waals surface area (Å²) in [5.41, 5.74) is 1.62. The third-order valence-electron chi connectivity index (χ3n) is 4.99. The van der Waals surface area contributed by atoms with Crippen LogP contribution in [0.15, 0.2) is 12.1 Å². The van der Waals surface area contributed by atoms with Crippen LogP contribution in [0.2, 0.25) is 10.0 Å². The highest BCUT2D eigenvalue weighted by Gasteiger charge is 2.67. The minimum atomic E-state index is 0.202. The van der Waals surface area contributed by atoms with E-state index in [0.29, 0.717) is 21.7 Å². The molecule has 0 aliphatic heterocycles. The van der Waals surface area contributed by atoms with Gasteiger partial charge < -0.3 is 4.74 Å². The molecule has 0 amide bonds. The van der Waals surface area contributed by atoms with Crippen molar-refractivity contribution in [2.45, 2.75) is 32.5 Å². The van der Waals surface area contributed by atoms with Crippen molar-refractivity contribution >= 4 is 39.1 Å². The molecule has 0 spiro atoms. The molecule has 0 aromatic heterocycles. The molecule has 1 saturated carbocycles. The van der Waals surface area contributed by atoms with Gasteiger partial charge in [0, 0.05) is 15.9 Å². The van der Waals surface area contributed by atoms with Crippen molar-refractivity contribution in [1.29, 1.82) is 0 Å². The first-order valence-electron chi connectivity index (χ1n) is 6.31. The van der Waals surface area contributed by atoms with E-state index in [-0.39, 0.29) is 15.7 Å². The van der Waals surface area contributed by atoms with Gasteiger partial charge in [-0.1, -0.05) is 66.8 Å². The Bertz CT molecular complexity index is 497. The molecule has 0 radical (unpaired) electrons. The molecule has 0 heterocycles. The molecule has 0 bridgehead atoms. The fraction of sp³-hybridized carbons (Fsp3) is 0.600. The molecule has 2 rings (SSSR count). The summed E-state index contributed by atoms with van der Waals surface area (Å²) in [7, 11) is 1.59. The Labute approximate surface area is 133 Å². The summed E-state index contributed by atoms with van der Waals surface area (Å²) in [5.74, 6) is 1.14. The second-order valence-electron chi connectivity index (χ2n) is 6.33. The van der Waals surface area contributed by atoms with Crippen molar-refractivity contribution in [3.63, 3.8) is 0 Å². The smallest absolute Gasteiger partial charge is 0.138 e. The summed E-state index contributed by atoms with van der Waals surface area (Å²) in [6.45, 7) is 9.19. The minimum Gasteiger partial charge on any atom is -0.495 e. The van der Waals surface area contributed by atoms with Gasteiger partial charge in [0.05, 0.1) is 12.1 Å². The first-order valence-corrected chi connectivity index (χ1v) is 7.98. The van der Waals surface area contributed by atoms with Crippen LogP contribution in [0.5, 0.6) is 5.75 Å². The van der Waals surface area contributed by atoms with E-state index < -0.39 is 0 Å². The third-order valence-corrected chi connectivity index (χ3v) is 6.64. The lowest BCUT2D eigenvalue weighted by Gasteiger charge is -2.16. The van der Waals surface area contributed by atoms with Crippen LogP contribution >= 0.6 is 39.1 Å². The van der Waals surface area contributed by atoms with Crippen LogP contribution in [0, 0.1) is 16.7 Å². The number of methoxy groups -OCH3 is 1. The molecule has 1 aromatic carbocycles. The molecule has 19 heavy (non-hydrogen) atoms. The van der Waals surface area contributed by atoms with Crippen molar-refractivity contribution in [1.82, 2.24) is 0 Å². The van der Waals surface area contributed by atoms with E-state index in [1.165, 1.54) is 0 Å². The average molecular weight is 366 g/mol. The van der Waals surface area contributed by atoms with Crippen molar-refractivity contribution in [2.75, 3.05) is 7.11 Å². The van der Waals surface area contributed by atoms with Crippen molar-refractivity contribution in [3.05, 3.63) is 27.7 Å². The first-order chi connectivity index (χ1) is 8.64. The second-order valence-corrected chi connectivity index (χ2v) is 8.13. The molecular weight excluding hydrogens is 347 g/mol. The standard InChI is InChI=1S/C15H19BrCl2O/c1-14(2)13(15(14,3)4)12(16)8-6-10(18)11(19-5)7-9(8)17/h6-7,12-13H,1-5H3. The highest BCUT2D eigenvalue weighted by atomic mass is 79.9. The van der Waals surface area contributed by atoms with Gasteiger partial charge in [-0.25, -0.2) is 0 Å². The highest BCUT2D eigenvalue weighted by Crippen LogP contribution is 2.74. The van der Waals surface area contributed by atoms with Gasteiger partial charge in [0.25, 0.3) is 0 Å². The average Bonchev–Trinajstić information content (AvgIpc) is 2.71. The van der Waals surface area contributed by atoms with Crippen molar-refractivity contribution in [2.24, 2.45) is 16.7 Å². The maximum Gasteiger partial charge on any atom is 0.138 e. The Hall–Kier alpha value is 0.0800. The lowest BCUT2D eigenvalue weighted by molar-refractivity contribution is 0.415. The zero-order valence-corrected chi connectivity index (χ0v) is 14.9. The predicted molar refractivity (Wildman–Crippen MR) is 85.7 cm³/mol. The molecular formula is C15H19BrCl2O. The molecule has 1 atom stereocenters. The molecule has 1 unspecified atom stereocenters. The molecule has 1 aliphatic rings. The van der Waals surface area contributed by atoms with Gasteiger partial charge in [-0.15, -0.1) is 0 Å². The number of ether oxygens (including phenoxy) is 1. The molecule has 1 fully saturated rings. The van der Waals surface area contributed by atoms with E-state index in [4.69, 9.17) is 27.9 Å². The highest BCUT2D eigenvalue weighted by molar-refractivity contribution is 9.09. The summed E-state index contributed by atoms with van der Waals surface area (Å²) < 4.78 is 5.19. The van der Waals surface area contributed by atoms with Gasteiger partial charge in [0.2, 0.25) is 0 Å². The monoisotopic (exact) mass is 364 g/mol.